The molecule has 0 saturated heterocycles. The van der Waals surface area contributed by atoms with E-state index in [1.165, 1.54) is 23.2 Å². The fourth-order valence-corrected chi connectivity index (χ4v) is 2.90. The molecule has 0 atom stereocenters. The van der Waals surface area contributed by atoms with Crippen molar-refractivity contribution in [3.63, 3.8) is 0 Å². The zero-order chi connectivity index (χ0) is 10.4. The van der Waals surface area contributed by atoms with Gasteiger partial charge in [0.15, 0.2) is 9.04 Å². The van der Waals surface area contributed by atoms with Gasteiger partial charge in [0.2, 0.25) is 0 Å². The van der Waals surface area contributed by atoms with Gasteiger partial charge in [-0.1, -0.05) is 43.7 Å². The van der Waals surface area contributed by atoms with Crippen LogP contribution in [-0.4, -0.2) is 9.04 Å². The maximum Gasteiger partial charge on any atom is 0.176 e. The SMILES string of the molecule is CC[SiH](CC)OCc1ccc(C)cc1. The molecule has 1 rings (SSSR count). The van der Waals surface area contributed by atoms with Gasteiger partial charge in [0.1, 0.15) is 0 Å². The molecule has 0 aliphatic heterocycles. The third kappa shape index (κ3) is 3.64. The number of hydrogen-bond donors (Lipinski definition) is 0. The van der Waals surface area contributed by atoms with E-state index in [1.807, 2.05) is 0 Å². The van der Waals surface area contributed by atoms with Crippen LogP contribution >= 0.6 is 0 Å². The van der Waals surface area contributed by atoms with Gasteiger partial charge in [0, 0.05) is 0 Å². The lowest BCUT2D eigenvalue weighted by molar-refractivity contribution is 0.307. The first kappa shape index (κ1) is 11.5. The smallest absolute Gasteiger partial charge is 0.176 e. The van der Waals surface area contributed by atoms with E-state index in [9.17, 15) is 0 Å². The second-order valence-corrected chi connectivity index (χ2v) is 6.95. The van der Waals surface area contributed by atoms with Crippen molar-refractivity contribution < 1.29 is 4.43 Å². The van der Waals surface area contributed by atoms with E-state index in [4.69, 9.17) is 4.43 Å². The zero-order valence-electron chi connectivity index (χ0n) is 9.42. The van der Waals surface area contributed by atoms with Gasteiger partial charge in [-0.2, -0.15) is 0 Å². The third-order valence-corrected chi connectivity index (χ3v) is 4.98. The fraction of sp³-hybridized carbons (Fsp3) is 0.500. The van der Waals surface area contributed by atoms with E-state index in [1.54, 1.807) is 0 Å². The molecule has 78 valence electrons. The van der Waals surface area contributed by atoms with Crippen LogP contribution < -0.4 is 0 Å². The molecule has 0 unspecified atom stereocenters. The van der Waals surface area contributed by atoms with Gasteiger partial charge in [0.25, 0.3) is 0 Å². The molecule has 0 bridgehead atoms. The Balaban J connectivity index is 2.41. The van der Waals surface area contributed by atoms with E-state index >= 15 is 0 Å². The number of benzene rings is 1. The predicted molar refractivity (Wildman–Crippen MR) is 64.1 cm³/mol. The summed E-state index contributed by atoms with van der Waals surface area (Å²) < 4.78 is 5.91. The Morgan fingerprint density at radius 3 is 2.14 bits per heavy atom. The van der Waals surface area contributed by atoms with Gasteiger partial charge in [-0.25, -0.2) is 0 Å². The van der Waals surface area contributed by atoms with Crippen LogP contribution in [0.1, 0.15) is 25.0 Å². The average Bonchev–Trinajstić information content (AvgIpc) is 2.22. The molecule has 0 fully saturated rings. The summed E-state index contributed by atoms with van der Waals surface area (Å²) in [7, 11) is -0.874. The molecule has 0 spiro atoms. The highest BCUT2D eigenvalue weighted by molar-refractivity contribution is 6.51. The summed E-state index contributed by atoms with van der Waals surface area (Å²) in [4.78, 5) is 0. The van der Waals surface area contributed by atoms with Crippen molar-refractivity contribution >= 4 is 9.04 Å². The molecule has 0 amide bonds. The van der Waals surface area contributed by atoms with Crippen LogP contribution in [0.25, 0.3) is 0 Å². The lowest BCUT2D eigenvalue weighted by Gasteiger charge is -2.12. The Bertz CT molecular complexity index is 252. The van der Waals surface area contributed by atoms with E-state index in [0.29, 0.717) is 0 Å². The van der Waals surface area contributed by atoms with Crippen molar-refractivity contribution in [2.24, 2.45) is 0 Å². The second-order valence-electron chi connectivity index (χ2n) is 3.74. The summed E-state index contributed by atoms with van der Waals surface area (Å²) in [6.45, 7) is 7.38. The third-order valence-electron chi connectivity index (χ3n) is 2.52. The van der Waals surface area contributed by atoms with Crippen LogP contribution in [0.15, 0.2) is 24.3 Å². The maximum absolute atomic E-state index is 5.91. The highest BCUT2D eigenvalue weighted by atomic mass is 28.3. The fourth-order valence-electron chi connectivity index (χ4n) is 1.42. The Kier molecular flexibility index (Phi) is 4.91. The molecular weight excluding hydrogens is 188 g/mol. The minimum absolute atomic E-state index is 0.804. The maximum atomic E-state index is 5.91. The molecule has 0 N–H and O–H groups in total. The molecular formula is C12H20OSi. The monoisotopic (exact) mass is 208 g/mol. The van der Waals surface area contributed by atoms with Crippen LogP contribution in [0.5, 0.6) is 0 Å². The van der Waals surface area contributed by atoms with Crippen molar-refractivity contribution in [3.05, 3.63) is 35.4 Å². The van der Waals surface area contributed by atoms with E-state index in [0.717, 1.165) is 6.61 Å². The summed E-state index contributed by atoms with van der Waals surface area (Å²) in [5, 5.41) is 0. The van der Waals surface area contributed by atoms with Gasteiger partial charge in [-0.05, 0) is 24.6 Å². The largest absolute Gasteiger partial charge is 0.416 e. The van der Waals surface area contributed by atoms with E-state index in [-0.39, 0.29) is 0 Å². The van der Waals surface area contributed by atoms with Crippen LogP contribution in [0.2, 0.25) is 12.1 Å². The molecule has 0 saturated carbocycles. The van der Waals surface area contributed by atoms with Crippen molar-refractivity contribution in [1.82, 2.24) is 0 Å². The predicted octanol–water partition coefficient (Wildman–Crippen LogP) is 3.28. The van der Waals surface area contributed by atoms with E-state index in [2.05, 4.69) is 45.0 Å². The van der Waals surface area contributed by atoms with Crippen LogP contribution in [0, 0.1) is 6.92 Å². The first-order valence-electron chi connectivity index (χ1n) is 5.43. The van der Waals surface area contributed by atoms with Gasteiger partial charge >= 0.3 is 0 Å². The van der Waals surface area contributed by atoms with Crippen LogP contribution in [0.3, 0.4) is 0 Å². The Morgan fingerprint density at radius 2 is 1.64 bits per heavy atom. The van der Waals surface area contributed by atoms with Crippen molar-refractivity contribution in [1.29, 1.82) is 0 Å². The Labute approximate surface area is 88.8 Å². The lowest BCUT2D eigenvalue weighted by Crippen LogP contribution is -2.14. The first-order valence-corrected chi connectivity index (χ1v) is 7.53. The average molecular weight is 208 g/mol. The molecule has 1 aromatic rings. The second kappa shape index (κ2) is 5.99. The standard InChI is InChI=1S/C12H20OSi/c1-4-14(5-2)13-10-12-8-6-11(3)7-9-12/h6-9,14H,4-5,10H2,1-3H3. The number of hydrogen-bond acceptors (Lipinski definition) is 1. The highest BCUT2D eigenvalue weighted by Gasteiger charge is 2.05. The molecule has 1 aromatic carbocycles. The van der Waals surface area contributed by atoms with Crippen molar-refractivity contribution in [2.75, 3.05) is 0 Å². The summed E-state index contributed by atoms with van der Waals surface area (Å²) in [5.74, 6) is 0. The van der Waals surface area contributed by atoms with Gasteiger partial charge < -0.3 is 4.43 Å². The molecule has 0 aliphatic carbocycles. The van der Waals surface area contributed by atoms with Crippen molar-refractivity contribution in [3.8, 4) is 0 Å². The van der Waals surface area contributed by atoms with E-state index < -0.39 is 9.04 Å². The molecule has 0 radical (unpaired) electrons. The molecule has 2 heteroatoms. The highest BCUT2D eigenvalue weighted by Crippen LogP contribution is 2.08. The van der Waals surface area contributed by atoms with Crippen LogP contribution in [-0.2, 0) is 11.0 Å². The Hall–Kier alpha value is -0.603. The number of rotatable bonds is 5. The lowest BCUT2D eigenvalue weighted by atomic mass is 10.2. The summed E-state index contributed by atoms with van der Waals surface area (Å²) in [5.41, 5.74) is 2.61. The Morgan fingerprint density at radius 1 is 1.07 bits per heavy atom. The summed E-state index contributed by atoms with van der Waals surface area (Å²) in [6, 6.07) is 11.1. The summed E-state index contributed by atoms with van der Waals surface area (Å²) >= 11 is 0. The molecule has 0 aliphatic rings. The minimum Gasteiger partial charge on any atom is -0.416 e. The first-order chi connectivity index (χ1) is 6.76. The van der Waals surface area contributed by atoms with Crippen molar-refractivity contribution in [2.45, 2.75) is 39.5 Å². The van der Waals surface area contributed by atoms with Crippen LogP contribution in [0.4, 0.5) is 0 Å². The quantitative estimate of drug-likeness (QED) is 0.675. The topological polar surface area (TPSA) is 9.23 Å². The summed E-state index contributed by atoms with van der Waals surface area (Å²) in [6.07, 6.45) is 0. The molecule has 1 nitrogen and oxygen atoms in total. The molecule has 0 heterocycles. The molecule has 14 heavy (non-hydrogen) atoms. The number of aryl methyl sites for hydroxylation is 1. The minimum atomic E-state index is -0.874. The van der Waals surface area contributed by atoms with Gasteiger partial charge in [-0.3, -0.25) is 0 Å². The van der Waals surface area contributed by atoms with Gasteiger partial charge in [-0.15, -0.1) is 0 Å². The molecule has 0 aromatic heterocycles. The normalized spacial score (nSPS) is 10.9. The van der Waals surface area contributed by atoms with Gasteiger partial charge in [0.05, 0.1) is 6.61 Å². The zero-order valence-corrected chi connectivity index (χ0v) is 10.6.